The maximum Gasteiger partial charge on any atom is 0.328 e. The molecule has 4 aromatic rings. The van der Waals surface area contributed by atoms with Crippen LogP contribution in [0.15, 0.2) is 41.5 Å². The van der Waals surface area contributed by atoms with Crippen LogP contribution >= 0.6 is 0 Å². The van der Waals surface area contributed by atoms with E-state index >= 15 is 0 Å². The van der Waals surface area contributed by atoms with Crippen LogP contribution < -0.4 is 17.2 Å². The lowest BCUT2D eigenvalue weighted by atomic mass is 10.1. The highest BCUT2D eigenvalue weighted by Gasteiger charge is 2.13. The summed E-state index contributed by atoms with van der Waals surface area (Å²) in [5.74, 6) is 0.807. The average Bonchev–Trinajstić information content (AvgIpc) is 3.28. The molecule has 0 atom stereocenters. The number of anilines is 1. The molecule has 0 aliphatic heterocycles. The number of imidazole rings is 1. The Morgan fingerprint density at radius 3 is 2.67 bits per heavy atom. The molecule has 30 heavy (non-hydrogen) atoms. The number of nitrogens with two attached hydrogens (primary N) is 2. The van der Waals surface area contributed by atoms with E-state index in [0.29, 0.717) is 36.5 Å². The molecule has 0 fully saturated rings. The summed E-state index contributed by atoms with van der Waals surface area (Å²) in [5, 5.41) is 4.24. The lowest BCUT2D eigenvalue weighted by Gasteiger charge is -2.05. The fourth-order valence-electron chi connectivity index (χ4n) is 3.32. The number of carbonyl (C=O) groups excluding carboxylic acids is 1. The van der Waals surface area contributed by atoms with E-state index < -0.39 is 0 Å². The molecule has 0 aliphatic carbocycles. The van der Waals surface area contributed by atoms with Gasteiger partial charge in [-0.15, -0.1) is 0 Å². The fraction of sp³-hybridized carbons (Fsp3) is 0.250. The van der Waals surface area contributed by atoms with E-state index in [9.17, 15) is 9.59 Å². The van der Waals surface area contributed by atoms with Gasteiger partial charge in [-0.25, -0.2) is 14.8 Å². The number of fused-ring (bicyclic) bond motifs is 1. The minimum absolute atomic E-state index is 0.0475. The largest absolute Gasteiger partial charge is 0.382 e. The standard InChI is InChI=1S/C20H22N8O2/c1-12-24-18(22)17-19(25-12)28(20(30)26-17)9-13-2-4-14(5-3-13)15-8-23-27(10-15)11-16(29)6-7-21/h2-5,8,10H,6-7,9,11,21H2,1H3,(H,26,30)(H2,22,24,25). The Morgan fingerprint density at radius 1 is 1.17 bits per heavy atom. The van der Waals surface area contributed by atoms with Crippen LogP contribution in [-0.4, -0.2) is 41.6 Å². The zero-order valence-electron chi connectivity index (χ0n) is 16.5. The molecule has 3 heterocycles. The van der Waals surface area contributed by atoms with Gasteiger partial charge in [0.05, 0.1) is 19.3 Å². The van der Waals surface area contributed by atoms with E-state index in [2.05, 4.69) is 20.1 Å². The van der Waals surface area contributed by atoms with Crippen molar-refractivity contribution in [2.24, 2.45) is 5.73 Å². The second-order valence-electron chi connectivity index (χ2n) is 7.07. The number of carbonyl (C=O) groups is 1. The van der Waals surface area contributed by atoms with E-state index in [1.807, 2.05) is 30.5 Å². The highest BCUT2D eigenvalue weighted by atomic mass is 16.1. The summed E-state index contributed by atoms with van der Waals surface area (Å²) < 4.78 is 3.15. The third-order valence-corrected chi connectivity index (χ3v) is 4.79. The van der Waals surface area contributed by atoms with E-state index in [1.165, 1.54) is 4.57 Å². The number of nitrogens with zero attached hydrogens (tertiary/aromatic N) is 5. The molecule has 3 aromatic heterocycles. The van der Waals surface area contributed by atoms with Crippen LogP contribution in [-0.2, 0) is 17.9 Å². The number of ketones is 1. The van der Waals surface area contributed by atoms with Gasteiger partial charge in [-0.1, -0.05) is 24.3 Å². The number of aryl methyl sites for hydroxylation is 1. The molecule has 0 bridgehead atoms. The second-order valence-corrected chi connectivity index (χ2v) is 7.07. The minimum atomic E-state index is -0.288. The Morgan fingerprint density at radius 2 is 1.93 bits per heavy atom. The number of hydrogen-bond donors (Lipinski definition) is 3. The number of H-pyrrole nitrogens is 1. The van der Waals surface area contributed by atoms with Crippen molar-refractivity contribution in [3.8, 4) is 11.1 Å². The monoisotopic (exact) mass is 406 g/mol. The number of benzene rings is 1. The van der Waals surface area contributed by atoms with E-state index in [0.717, 1.165) is 16.7 Å². The summed E-state index contributed by atoms with van der Waals surface area (Å²) in [6.07, 6.45) is 3.89. The van der Waals surface area contributed by atoms with Crippen LogP contribution in [0.2, 0.25) is 0 Å². The van der Waals surface area contributed by atoms with E-state index in [4.69, 9.17) is 11.5 Å². The predicted octanol–water partition coefficient (Wildman–Crippen LogP) is 0.840. The van der Waals surface area contributed by atoms with Gasteiger partial charge >= 0.3 is 5.69 Å². The van der Waals surface area contributed by atoms with Gasteiger partial charge in [-0.05, 0) is 24.6 Å². The van der Waals surface area contributed by atoms with Gasteiger partial charge in [0, 0.05) is 18.2 Å². The number of hydrogen-bond acceptors (Lipinski definition) is 7. The van der Waals surface area contributed by atoms with E-state index in [-0.39, 0.29) is 23.8 Å². The van der Waals surface area contributed by atoms with Crippen molar-refractivity contribution in [2.75, 3.05) is 12.3 Å². The molecule has 0 spiro atoms. The van der Waals surface area contributed by atoms with Crippen LogP contribution in [0.4, 0.5) is 5.82 Å². The Balaban J connectivity index is 1.55. The lowest BCUT2D eigenvalue weighted by Crippen LogP contribution is -2.17. The molecule has 0 aliphatic rings. The van der Waals surface area contributed by atoms with Crippen LogP contribution in [0, 0.1) is 6.92 Å². The van der Waals surface area contributed by atoms with Gasteiger partial charge < -0.3 is 16.5 Å². The first kappa shape index (κ1) is 19.5. The smallest absolute Gasteiger partial charge is 0.328 e. The quantitative estimate of drug-likeness (QED) is 0.411. The van der Waals surface area contributed by atoms with Crippen LogP contribution in [0.1, 0.15) is 17.8 Å². The highest BCUT2D eigenvalue weighted by Crippen LogP contribution is 2.20. The molecular weight excluding hydrogens is 384 g/mol. The molecule has 10 nitrogen and oxygen atoms in total. The van der Waals surface area contributed by atoms with Gasteiger partial charge in [0.15, 0.2) is 17.2 Å². The fourth-order valence-corrected chi connectivity index (χ4v) is 3.32. The number of aromatic nitrogens is 6. The molecule has 1 aromatic carbocycles. The van der Waals surface area contributed by atoms with Crippen molar-refractivity contribution in [1.29, 1.82) is 0 Å². The summed E-state index contributed by atoms with van der Waals surface area (Å²) >= 11 is 0. The van der Waals surface area contributed by atoms with Crippen molar-refractivity contribution in [3.63, 3.8) is 0 Å². The zero-order valence-corrected chi connectivity index (χ0v) is 16.5. The number of rotatable bonds is 7. The van der Waals surface area contributed by atoms with Gasteiger partial charge in [-0.3, -0.25) is 14.0 Å². The number of nitrogen functional groups attached to an aromatic ring is 1. The normalized spacial score (nSPS) is 11.3. The number of nitrogens with one attached hydrogen (secondary N) is 1. The molecule has 5 N–H and O–H groups in total. The van der Waals surface area contributed by atoms with Gasteiger partial charge in [-0.2, -0.15) is 5.10 Å². The maximum absolute atomic E-state index is 12.4. The van der Waals surface area contributed by atoms with E-state index in [1.54, 1.807) is 17.8 Å². The molecule has 154 valence electrons. The molecule has 0 amide bonds. The first-order valence-corrected chi connectivity index (χ1v) is 9.51. The summed E-state index contributed by atoms with van der Waals surface area (Å²) in [4.78, 5) is 35.3. The Labute approximate surface area is 171 Å². The topological polar surface area (TPSA) is 150 Å². The SMILES string of the molecule is Cc1nc(N)c2[nH]c(=O)n(Cc3ccc(-c4cnn(CC(=O)CCN)c4)cc3)c2n1. The van der Waals surface area contributed by atoms with Crippen LogP contribution in [0.5, 0.6) is 0 Å². The molecule has 0 saturated carbocycles. The second kappa shape index (κ2) is 7.91. The summed E-state index contributed by atoms with van der Waals surface area (Å²) in [5.41, 5.74) is 14.7. The molecule has 4 rings (SSSR count). The maximum atomic E-state index is 12.4. The third kappa shape index (κ3) is 3.85. The number of Topliss-reactive ketones (excluding diaryl/α,β-unsaturated/α-hetero) is 1. The van der Waals surface area contributed by atoms with Gasteiger partial charge in [0.1, 0.15) is 11.3 Å². The molecule has 0 radical (unpaired) electrons. The molecule has 0 unspecified atom stereocenters. The van der Waals surface area contributed by atoms with Crippen LogP contribution in [0.25, 0.3) is 22.3 Å². The molecular formula is C20H22N8O2. The first-order valence-electron chi connectivity index (χ1n) is 9.51. The average molecular weight is 406 g/mol. The van der Waals surface area contributed by atoms with Crippen molar-refractivity contribution in [3.05, 3.63) is 58.5 Å². The summed E-state index contributed by atoms with van der Waals surface area (Å²) in [6, 6.07) is 7.78. The predicted molar refractivity (Wildman–Crippen MR) is 113 cm³/mol. The minimum Gasteiger partial charge on any atom is -0.382 e. The summed E-state index contributed by atoms with van der Waals surface area (Å²) in [6.45, 7) is 2.63. The van der Waals surface area contributed by atoms with Crippen molar-refractivity contribution >= 4 is 22.8 Å². The van der Waals surface area contributed by atoms with Crippen LogP contribution in [0.3, 0.4) is 0 Å². The Kier molecular flexibility index (Phi) is 5.15. The zero-order chi connectivity index (χ0) is 21.3. The summed E-state index contributed by atoms with van der Waals surface area (Å²) in [7, 11) is 0. The van der Waals surface area contributed by atoms with Gasteiger partial charge in [0.25, 0.3) is 0 Å². The first-order chi connectivity index (χ1) is 14.4. The Hall–Kier alpha value is -3.79. The lowest BCUT2D eigenvalue weighted by molar-refractivity contribution is -0.119. The van der Waals surface area contributed by atoms with Crippen molar-refractivity contribution in [2.45, 2.75) is 26.4 Å². The van der Waals surface area contributed by atoms with Crippen molar-refractivity contribution < 1.29 is 4.79 Å². The molecule has 10 heteroatoms. The molecule has 0 saturated heterocycles. The van der Waals surface area contributed by atoms with Gasteiger partial charge in [0.2, 0.25) is 0 Å². The third-order valence-electron chi connectivity index (χ3n) is 4.79. The number of aromatic amines is 1. The highest BCUT2D eigenvalue weighted by molar-refractivity contribution is 5.81. The van der Waals surface area contributed by atoms with Crippen molar-refractivity contribution in [1.82, 2.24) is 29.3 Å². The Bertz CT molecular complexity index is 1270.